The second kappa shape index (κ2) is 5.97. The van der Waals surface area contributed by atoms with Gasteiger partial charge in [0.15, 0.2) is 0 Å². The summed E-state index contributed by atoms with van der Waals surface area (Å²) in [7, 11) is 3.61. The summed E-state index contributed by atoms with van der Waals surface area (Å²) in [6.45, 7) is 3.55. The first-order valence-corrected chi connectivity index (χ1v) is 4.21. The summed E-state index contributed by atoms with van der Waals surface area (Å²) >= 11 is 0. The van der Waals surface area contributed by atoms with Crippen LogP contribution in [0.5, 0.6) is 0 Å². The molecule has 0 bridgehead atoms. The summed E-state index contributed by atoms with van der Waals surface area (Å²) in [6.07, 6.45) is 0.541. The molecule has 4 heteroatoms. The van der Waals surface area contributed by atoms with Crippen molar-refractivity contribution < 1.29 is 4.79 Å². The van der Waals surface area contributed by atoms with Crippen LogP contribution in [0.3, 0.4) is 0 Å². The smallest absolute Gasteiger partial charge is 0.221 e. The Morgan fingerprint density at radius 2 is 2.25 bits per heavy atom. The van der Waals surface area contributed by atoms with E-state index in [1.54, 1.807) is 7.05 Å². The number of carbonyl (C=O) groups is 1. The van der Waals surface area contributed by atoms with Crippen LogP contribution in [0.1, 0.15) is 13.3 Å². The zero-order valence-electron chi connectivity index (χ0n) is 8.13. The molecule has 72 valence electrons. The van der Waals surface area contributed by atoms with E-state index in [-0.39, 0.29) is 11.9 Å². The fraction of sp³-hybridized carbons (Fsp3) is 0.875. The molecular weight excluding hydrogens is 154 g/mol. The molecule has 0 heterocycles. The van der Waals surface area contributed by atoms with Crippen molar-refractivity contribution in [2.24, 2.45) is 5.73 Å². The number of hydrogen-bond acceptors (Lipinski definition) is 3. The van der Waals surface area contributed by atoms with Crippen LogP contribution >= 0.6 is 0 Å². The Morgan fingerprint density at radius 1 is 1.67 bits per heavy atom. The third-order valence-electron chi connectivity index (χ3n) is 1.60. The van der Waals surface area contributed by atoms with Gasteiger partial charge in [-0.25, -0.2) is 0 Å². The third-order valence-corrected chi connectivity index (χ3v) is 1.60. The molecule has 0 saturated carbocycles. The highest BCUT2D eigenvalue weighted by Crippen LogP contribution is 1.88. The van der Waals surface area contributed by atoms with Gasteiger partial charge >= 0.3 is 0 Å². The van der Waals surface area contributed by atoms with E-state index in [0.29, 0.717) is 6.42 Å². The number of likely N-dealkylation sites (N-methyl/N-ethyl adjacent to an activating group) is 1. The summed E-state index contributed by atoms with van der Waals surface area (Å²) in [6, 6.07) is 0.166. The lowest BCUT2D eigenvalue weighted by Crippen LogP contribution is -2.35. The molecule has 0 aliphatic rings. The van der Waals surface area contributed by atoms with E-state index in [0.717, 1.165) is 13.1 Å². The average molecular weight is 173 g/mol. The minimum absolute atomic E-state index is 0.0755. The molecule has 0 aromatic rings. The maximum absolute atomic E-state index is 10.8. The van der Waals surface area contributed by atoms with E-state index in [4.69, 9.17) is 5.73 Å². The normalized spacial score (nSPS) is 13.1. The van der Waals surface area contributed by atoms with Crippen LogP contribution in [0, 0.1) is 0 Å². The molecule has 0 fully saturated rings. The zero-order chi connectivity index (χ0) is 9.56. The van der Waals surface area contributed by atoms with Crippen molar-refractivity contribution in [3.05, 3.63) is 0 Å². The summed E-state index contributed by atoms with van der Waals surface area (Å²) in [5.41, 5.74) is 5.59. The molecular formula is C8H19N3O. The van der Waals surface area contributed by atoms with Crippen LogP contribution in [-0.4, -0.2) is 44.0 Å². The van der Waals surface area contributed by atoms with Crippen molar-refractivity contribution in [2.45, 2.75) is 19.4 Å². The van der Waals surface area contributed by atoms with E-state index in [9.17, 15) is 4.79 Å². The molecule has 1 atom stereocenters. The Bertz CT molecular complexity index is 136. The second-order valence-electron chi connectivity index (χ2n) is 3.16. The molecule has 0 aromatic carbocycles. The number of rotatable bonds is 5. The first-order chi connectivity index (χ1) is 5.56. The van der Waals surface area contributed by atoms with E-state index >= 15 is 0 Å². The quantitative estimate of drug-likeness (QED) is 0.584. The van der Waals surface area contributed by atoms with Crippen molar-refractivity contribution in [3.63, 3.8) is 0 Å². The molecule has 0 aliphatic carbocycles. The van der Waals surface area contributed by atoms with E-state index in [2.05, 4.69) is 10.2 Å². The first-order valence-electron chi connectivity index (χ1n) is 4.21. The number of nitrogens with two attached hydrogens (primary N) is 1. The van der Waals surface area contributed by atoms with Gasteiger partial charge in [0.05, 0.1) is 0 Å². The lowest BCUT2D eigenvalue weighted by atomic mass is 10.3. The molecule has 1 amide bonds. The summed E-state index contributed by atoms with van der Waals surface area (Å²) < 4.78 is 0. The molecule has 0 rings (SSSR count). The highest BCUT2D eigenvalue weighted by atomic mass is 16.1. The molecule has 0 aliphatic heterocycles. The highest BCUT2D eigenvalue weighted by molar-refractivity contribution is 5.75. The van der Waals surface area contributed by atoms with Gasteiger partial charge in [-0.15, -0.1) is 0 Å². The van der Waals surface area contributed by atoms with Crippen LogP contribution in [0.25, 0.3) is 0 Å². The minimum Gasteiger partial charge on any atom is -0.359 e. The van der Waals surface area contributed by atoms with Gasteiger partial charge < -0.3 is 16.0 Å². The van der Waals surface area contributed by atoms with Crippen molar-refractivity contribution in [1.29, 1.82) is 0 Å². The predicted octanol–water partition coefficient (Wildman–Crippen LogP) is -0.598. The maximum Gasteiger partial charge on any atom is 0.221 e. The van der Waals surface area contributed by atoms with Crippen molar-refractivity contribution >= 4 is 5.91 Å². The van der Waals surface area contributed by atoms with Gasteiger partial charge in [0.25, 0.3) is 0 Å². The predicted molar refractivity (Wildman–Crippen MR) is 49.8 cm³/mol. The molecule has 0 aromatic heterocycles. The molecule has 0 radical (unpaired) electrons. The molecule has 4 nitrogen and oxygen atoms in total. The number of nitrogens with one attached hydrogen (secondary N) is 1. The molecule has 0 saturated heterocycles. The second-order valence-corrected chi connectivity index (χ2v) is 3.16. The van der Waals surface area contributed by atoms with E-state index in [1.807, 2.05) is 14.0 Å². The zero-order valence-corrected chi connectivity index (χ0v) is 8.13. The number of amides is 1. The Hall–Kier alpha value is -0.610. The van der Waals surface area contributed by atoms with E-state index in [1.165, 1.54) is 0 Å². The van der Waals surface area contributed by atoms with Gasteiger partial charge in [0.2, 0.25) is 5.91 Å². The van der Waals surface area contributed by atoms with Crippen molar-refractivity contribution in [3.8, 4) is 0 Å². The number of carbonyl (C=O) groups excluding carboxylic acids is 1. The van der Waals surface area contributed by atoms with Crippen LogP contribution in [0.4, 0.5) is 0 Å². The standard InChI is InChI=1S/C8H19N3O/c1-7(9)6-11(3)5-4-8(12)10-2/h7H,4-6,9H2,1-3H3,(H,10,12). The summed E-state index contributed by atoms with van der Waals surface area (Å²) in [5.74, 6) is 0.0755. The number of hydrogen-bond donors (Lipinski definition) is 2. The van der Waals surface area contributed by atoms with E-state index < -0.39 is 0 Å². The lowest BCUT2D eigenvalue weighted by molar-refractivity contribution is -0.120. The fourth-order valence-corrected chi connectivity index (χ4v) is 1.00. The maximum atomic E-state index is 10.8. The van der Waals surface area contributed by atoms with Crippen LogP contribution in [-0.2, 0) is 4.79 Å². The van der Waals surface area contributed by atoms with Gasteiger partial charge in [-0.05, 0) is 14.0 Å². The third kappa shape index (κ3) is 6.12. The van der Waals surface area contributed by atoms with Crippen LogP contribution in [0.15, 0.2) is 0 Å². The topological polar surface area (TPSA) is 58.4 Å². The van der Waals surface area contributed by atoms with Crippen LogP contribution < -0.4 is 11.1 Å². The van der Waals surface area contributed by atoms with Gasteiger partial charge in [-0.1, -0.05) is 0 Å². The Kier molecular flexibility index (Phi) is 5.66. The Balaban J connectivity index is 3.43. The molecule has 3 N–H and O–H groups in total. The molecule has 0 spiro atoms. The van der Waals surface area contributed by atoms with Gasteiger partial charge in [0.1, 0.15) is 0 Å². The highest BCUT2D eigenvalue weighted by Gasteiger charge is 2.03. The van der Waals surface area contributed by atoms with Crippen molar-refractivity contribution in [1.82, 2.24) is 10.2 Å². The van der Waals surface area contributed by atoms with Gasteiger partial charge in [0, 0.05) is 32.6 Å². The monoisotopic (exact) mass is 173 g/mol. The van der Waals surface area contributed by atoms with Crippen molar-refractivity contribution in [2.75, 3.05) is 27.2 Å². The van der Waals surface area contributed by atoms with Crippen LogP contribution in [0.2, 0.25) is 0 Å². The molecule has 12 heavy (non-hydrogen) atoms. The number of nitrogens with zero attached hydrogens (tertiary/aromatic N) is 1. The first kappa shape index (κ1) is 11.4. The molecule has 1 unspecified atom stereocenters. The summed E-state index contributed by atoms with van der Waals surface area (Å²) in [5, 5.41) is 2.58. The Morgan fingerprint density at radius 3 is 2.67 bits per heavy atom. The average Bonchev–Trinajstić information content (AvgIpc) is 1.99. The van der Waals surface area contributed by atoms with Gasteiger partial charge in [-0.3, -0.25) is 4.79 Å². The SMILES string of the molecule is CNC(=O)CCN(C)CC(C)N. The summed E-state index contributed by atoms with van der Waals surface area (Å²) in [4.78, 5) is 12.9. The minimum atomic E-state index is 0.0755. The van der Waals surface area contributed by atoms with Gasteiger partial charge in [-0.2, -0.15) is 0 Å². The fourth-order valence-electron chi connectivity index (χ4n) is 1.00. The largest absolute Gasteiger partial charge is 0.359 e. The Labute approximate surface area is 74.1 Å². The lowest BCUT2D eigenvalue weighted by Gasteiger charge is -2.17.